The number of hydrogen-bond acceptors (Lipinski definition) is 4. The van der Waals surface area contributed by atoms with Crippen LogP contribution in [0.25, 0.3) is 0 Å². The molecule has 1 rings (SSSR count). The van der Waals surface area contributed by atoms with E-state index in [0.717, 1.165) is 6.42 Å². The fourth-order valence-corrected chi connectivity index (χ4v) is 1.72. The lowest BCUT2D eigenvalue weighted by Crippen LogP contribution is -2.58. The molecule has 1 fully saturated rings. The quantitative estimate of drug-likeness (QED) is 0.611. The van der Waals surface area contributed by atoms with E-state index in [2.05, 4.69) is 5.32 Å². The Morgan fingerprint density at radius 2 is 2.06 bits per heavy atom. The molecule has 0 aliphatic heterocycles. The first-order chi connectivity index (χ1) is 7.58. The van der Waals surface area contributed by atoms with Crippen molar-refractivity contribution in [2.24, 2.45) is 5.41 Å². The molecule has 0 radical (unpaired) electrons. The third-order valence-corrected chi connectivity index (χ3v) is 3.52. The Hall–Kier alpha value is -1.12. The van der Waals surface area contributed by atoms with E-state index in [0.29, 0.717) is 19.3 Å². The molecule has 0 aromatic heterocycles. The smallest absolute Gasteiger partial charge is 0.241 e. The molecule has 0 heterocycles. The minimum atomic E-state index is -1.00. The van der Waals surface area contributed by atoms with Crippen molar-refractivity contribution in [1.82, 2.24) is 5.32 Å². The van der Waals surface area contributed by atoms with Crippen LogP contribution in [0.2, 0.25) is 0 Å². The topological polar surface area (TPSA) is 93.3 Å². The molecule has 0 bridgehead atoms. The minimum Gasteiger partial charge on any atom is -0.394 e. The summed E-state index contributed by atoms with van der Waals surface area (Å²) in [5, 5.41) is 30.0. The van der Waals surface area contributed by atoms with E-state index in [9.17, 15) is 15.0 Å². The van der Waals surface area contributed by atoms with E-state index in [-0.39, 0.29) is 19.1 Å². The lowest BCUT2D eigenvalue weighted by molar-refractivity contribution is -0.135. The highest BCUT2D eigenvalue weighted by molar-refractivity contribution is 5.87. The zero-order valence-electron chi connectivity index (χ0n) is 9.49. The Balaban J connectivity index is 2.73. The third-order valence-electron chi connectivity index (χ3n) is 3.52. The van der Waals surface area contributed by atoms with Gasteiger partial charge in [-0.2, -0.15) is 5.26 Å². The van der Waals surface area contributed by atoms with Crippen molar-refractivity contribution < 1.29 is 15.0 Å². The molecule has 1 amide bonds. The van der Waals surface area contributed by atoms with Gasteiger partial charge in [-0.05, 0) is 25.7 Å². The number of carbonyl (C=O) groups excluding carboxylic acids is 1. The van der Waals surface area contributed by atoms with Crippen molar-refractivity contribution >= 4 is 5.91 Å². The van der Waals surface area contributed by atoms with Crippen molar-refractivity contribution in [3.63, 3.8) is 0 Å². The number of aliphatic hydroxyl groups excluding tert-OH is 2. The Bertz CT molecular complexity index is 293. The normalized spacial score (nSPS) is 18.4. The van der Waals surface area contributed by atoms with Gasteiger partial charge in [0, 0.05) is 0 Å². The number of nitriles is 1. The van der Waals surface area contributed by atoms with Gasteiger partial charge in [-0.25, -0.2) is 0 Å². The van der Waals surface area contributed by atoms with Crippen LogP contribution in [0.3, 0.4) is 0 Å². The second-order valence-corrected chi connectivity index (χ2v) is 4.45. The molecule has 0 spiro atoms. The molecule has 0 atom stereocenters. The van der Waals surface area contributed by atoms with Crippen molar-refractivity contribution in [2.45, 2.75) is 38.1 Å². The average Bonchev–Trinajstić information content (AvgIpc) is 2.25. The number of nitrogens with zero attached hydrogens (tertiary/aromatic N) is 1. The van der Waals surface area contributed by atoms with Crippen LogP contribution in [0, 0.1) is 16.7 Å². The molecule has 5 nitrogen and oxygen atoms in total. The first-order valence-electron chi connectivity index (χ1n) is 5.54. The Morgan fingerprint density at radius 3 is 2.31 bits per heavy atom. The first kappa shape index (κ1) is 12.9. The van der Waals surface area contributed by atoms with E-state index in [4.69, 9.17) is 5.26 Å². The molecule has 0 aromatic rings. The first-order valence-corrected chi connectivity index (χ1v) is 5.54. The average molecular weight is 226 g/mol. The molecule has 0 unspecified atom stereocenters. The molecule has 1 saturated carbocycles. The summed E-state index contributed by atoms with van der Waals surface area (Å²) < 4.78 is 0. The number of rotatable bonds is 5. The predicted octanol–water partition coefficient (Wildman–Crippen LogP) is -0.0701. The van der Waals surface area contributed by atoms with Crippen LogP contribution in [-0.2, 0) is 4.79 Å². The molecule has 16 heavy (non-hydrogen) atoms. The second kappa shape index (κ2) is 4.81. The molecule has 3 N–H and O–H groups in total. The third kappa shape index (κ3) is 2.04. The van der Waals surface area contributed by atoms with E-state index in [1.807, 2.05) is 6.07 Å². The lowest BCUT2D eigenvalue weighted by Gasteiger charge is -2.38. The second-order valence-electron chi connectivity index (χ2n) is 4.45. The maximum atomic E-state index is 11.9. The summed E-state index contributed by atoms with van der Waals surface area (Å²) >= 11 is 0. The molecule has 0 saturated heterocycles. The van der Waals surface area contributed by atoms with Gasteiger partial charge in [0.15, 0.2) is 0 Å². The van der Waals surface area contributed by atoms with Crippen LogP contribution < -0.4 is 5.32 Å². The highest BCUT2D eigenvalue weighted by atomic mass is 16.3. The molecule has 0 aromatic carbocycles. The zero-order valence-corrected chi connectivity index (χ0v) is 9.49. The van der Waals surface area contributed by atoms with Crippen molar-refractivity contribution in [1.29, 1.82) is 5.26 Å². The molecular weight excluding hydrogens is 208 g/mol. The number of carbonyl (C=O) groups is 1. The van der Waals surface area contributed by atoms with Gasteiger partial charge in [0.1, 0.15) is 5.41 Å². The summed E-state index contributed by atoms with van der Waals surface area (Å²) in [6, 6.07) is 2.03. The number of amides is 1. The predicted molar refractivity (Wildman–Crippen MR) is 57.2 cm³/mol. The van der Waals surface area contributed by atoms with Crippen molar-refractivity contribution in [3.8, 4) is 6.07 Å². The molecule has 5 heteroatoms. The monoisotopic (exact) mass is 226 g/mol. The van der Waals surface area contributed by atoms with Gasteiger partial charge in [0.05, 0.1) is 24.8 Å². The summed E-state index contributed by atoms with van der Waals surface area (Å²) in [7, 11) is 0. The van der Waals surface area contributed by atoms with Crippen LogP contribution in [0.5, 0.6) is 0 Å². The maximum Gasteiger partial charge on any atom is 0.241 e. The van der Waals surface area contributed by atoms with Gasteiger partial charge in [0.2, 0.25) is 5.91 Å². The molecule has 90 valence electrons. The molecular formula is C11H18N2O3. The number of aliphatic hydroxyl groups is 2. The Morgan fingerprint density at radius 1 is 1.50 bits per heavy atom. The highest BCUT2D eigenvalue weighted by Crippen LogP contribution is 2.40. The summed E-state index contributed by atoms with van der Waals surface area (Å²) in [5.41, 5.74) is -1.94. The van der Waals surface area contributed by atoms with E-state index < -0.39 is 11.0 Å². The fraction of sp³-hybridized carbons (Fsp3) is 0.818. The number of nitrogens with one attached hydrogen (secondary N) is 1. The van der Waals surface area contributed by atoms with Crippen LogP contribution >= 0.6 is 0 Å². The zero-order chi connectivity index (χ0) is 12.2. The summed E-state index contributed by atoms with van der Waals surface area (Å²) in [6.45, 7) is 1.12. The molecule has 1 aliphatic rings. The lowest BCUT2D eigenvalue weighted by atomic mass is 9.69. The Labute approximate surface area is 95.1 Å². The molecule has 1 aliphatic carbocycles. The SMILES string of the molecule is CCC(CO)(CO)NC(=O)C1(C#N)CCC1. The minimum absolute atomic E-state index is 0.326. The number of hydrogen-bond donors (Lipinski definition) is 3. The van der Waals surface area contributed by atoms with E-state index in [1.165, 1.54) is 0 Å². The fourth-order valence-electron chi connectivity index (χ4n) is 1.72. The van der Waals surface area contributed by atoms with Gasteiger partial charge in [-0.1, -0.05) is 6.92 Å². The van der Waals surface area contributed by atoms with Gasteiger partial charge < -0.3 is 15.5 Å². The maximum absolute atomic E-state index is 11.9. The largest absolute Gasteiger partial charge is 0.394 e. The standard InChI is InChI=1S/C11H18N2O3/c1-2-11(7-14,8-15)13-9(16)10(6-12)4-3-5-10/h14-15H,2-5,7-8H2,1H3,(H,13,16). The van der Waals surface area contributed by atoms with Gasteiger partial charge in [-0.15, -0.1) is 0 Å². The summed E-state index contributed by atoms with van der Waals surface area (Å²) in [6.07, 6.45) is 2.42. The highest BCUT2D eigenvalue weighted by Gasteiger charge is 2.46. The van der Waals surface area contributed by atoms with Gasteiger partial charge >= 0.3 is 0 Å². The van der Waals surface area contributed by atoms with Crippen molar-refractivity contribution in [3.05, 3.63) is 0 Å². The van der Waals surface area contributed by atoms with Gasteiger partial charge in [-0.3, -0.25) is 4.79 Å². The van der Waals surface area contributed by atoms with Crippen LogP contribution in [0.15, 0.2) is 0 Å². The van der Waals surface area contributed by atoms with E-state index >= 15 is 0 Å². The van der Waals surface area contributed by atoms with Crippen LogP contribution in [0.1, 0.15) is 32.6 Å². The Kier molecular flexibility index (Phi) is 3.89. The van der Waals surface area contributed by atoms with E-state index in [1.54, 1.807) is 6.92 Å². The van der Waals surface area contributed by atoms with Crippen LogP contribution in [0.4, 0.5) is 0 Å². The summed E-state index contributed by atoms with van der Waals surface area (Å²) in [5.74, 6) is -0.369. The van der Waals surface area contributed by atoms with Crippen molar-refractivity contribution in [2.75, 3.05) is 13.2 Å². The summed E-state index contributed by atoms with van der Waals surface area (Å²) in [4.78, 5) is 11.9. The van der Waals surface area contributed by atoms with Crippen LogP contribution in [-0.4, -0.2) is 34.9 Å². The van der Waals surface area contributed by atoms with Gasteiger partial charge in [0.25, 0.3) is 0 Å².